The highest BCUT2D eigenvalue weighted by Crippen LogP contribution is 2.28. The van der Waals surface area contributed by atoms with Crippen LogP contribution in [0.25, 0.3) is 0 Å². The van der Waals surface area contributed by atoms with Crippen LogP contribution in [0.1, 0.15) is 123 Å². The van der Waals surface area contributed by atoms with Gasteiger partial charge in [0.15, 0.2) is 0 Å². The summed E-state index contributed by atoms with van der Waals surface area (Å²) in [5.74, 6) is 0.511. The summed E-state index contributed by atoms with van der Waals surface area (Å²) >= 11 is 0. The van der Waals surface area contributed by atoms with Crippen LogP contribution in [0.2, 0.25) is 0 Å². The second kappa shape index (κ2) is 12.6. The van der Waals surface area contributed by atoms with Gasteiger partial charge in [-0.1, -0.05) is 98.6 Å². The predicted octanol–water partition coefficient (Wildman–Crippen LogP) is 8.86. The van der Waals surface area contributed by atoms with E-state index >= 15 is 0 Å². The Morgan fingerprint density at radius 1 is 0.714 bits per heavy atom. The molecule has 0 aromatic heterocycles. The van der Waals surface area contributed by atoms with Crippen molar-refractivity contribution in [2.45, 2.75) is 125 Å². The summed E-state index contributed by atoms with van der Waals surface area (Å²) in [6, 6.07) is 6.11. The molecular weight excluding hydrogens is 340 g/mol. The smallest absolute Gasteiger partial charge is 0.119 e. The molecule has 0 saturated carbocycles. The van der Waals surface area contributed by atoms with Crippen molar-refractivity contribution in [2.75, 3.05) is 0 Å². The number of rotatable bonds is 14. The molecule has 0 aliphatic carbocycles. The van der Waals surface area contributed by atoms with Crippen LogP contribution in [0.5, 0.6) is 5.75 Å². The van der Waals surface area contributed by atoms with Crippen LogP contribution in [-0.4, -0.2) is 5.11 Å². The fourth-order valence-electron chi connectivity index (χ4n) is 3.90. The van der Waals surface area contributed by atoms with Crippen LogP contribution >= 0.6 is 0 Å². The Bertz CT molecular complexity index is 536. The van der Waals surface area contributed by atoms with Crippen LogP contribution in [0.3, 0.4) is 0 Å². The summed E-state index contributed by atoms with van der Waals surface area (Å²) < 4.78 is 0. The van der Waals surface area contributed by atoms with Gasteiger partial charge in [-0.25, -0.2) is 0 Å². The molecule has 0 unspecified atom stereocenters. The number of aryl methyl sites for hydroxylation is 1. The SMILES string of the molecule is CCC(C)(C)CCCCCCc1cccc(O)c1CCCCCCC(C)(C)C. The maximum absolute atomic E-state index is 10.4. The third-order valence-electron chi connectivity index (χ3n) is 6.36. The molecule has 1 heteroatoms. The van der Waals surface area contributed by atoms with E-state index in [4.69, 9.17) is 0 Å². The minimum atomic E-state index is 0.456. The molecule has 0 aliphatic rings. The van der Waals surface area contributed by atoms with E-state index in [0.29, 0.717) is 16.6 Å². The maximum atomic E-state index is 10.4. The lowest BCUT2D eigenvalue weighted by Gasteiger charge is -2.22. The van der Waals surface area contributed by atoms with E-state index in [1.54, 1.807) is 0 Å². The molecular formula is C27H48O. The van der Waals surface area contributed by atoms with Gasteiger partial charge in [0.1, 0.15) is 5.75 Å². The number of phenols is 1. The highest BCUT2D eigenvalue weighted by molar-refractivity contribution is 5.39. The van der Waals surface area contributed by atoms with Crippen LogP contribution in [0.15, 0.2) is 18.2 Å². The number of phenolic OH excluding ortho intramolecular Hbond substituents is 1. The quantitative estimate of drug-likeness (QED) is 0.315. The Morgan fingerprint density at radius 3 is 1.89 bits per heavy atom. The molecule has 1 N–H and O–H groups in total. The zero-order valence-electron chi connectivity index (χ0n) is 19.9. The maximum Gasteiger partial charge on any atom is 0.119 e. The summed E-state index contributed by atoms with van der Waals surface area (Å²) in [5.41, 5.74) is 3.55. The van der Waals surface area contributed by atoms with Gasteiger partial charge in [0.25, 0.3) is 0 Å². The first-order chi connectivity index (χ1) is 13.1. The molecule has 0 amide bonds. The molecule has 0 bridgehead atoms. The normalized spacial score (nSPS) is 12.5. The number of benzene rings is 1. The first-order valence-electron chi connectivity index (χ1n) is 11.9. The molecule has 0 aliphatic heterocycles. The third-order valence-corrected chi connectivity index (χ3v) is 6.36. The zero-order chi connectivity index (χ0) is 21.0. The zero-order valence-corrected chi connectivity index (χ0v) is 19.9. The monoisotopic (exact) mass is 388 g/mol. The Hall–Kier alpha value is -0.980. The lowest BCUT2D eigenvalue weighted by Crippen LogP contribution is -2.08. The Morgan fingerprint density at radius 2 is 1.29 bits per heavy atom. The Kier molecular flexibility index (Phi) is 11.2. The number of hydrogen-bond acceptors (Lipinski definition) is 1. The van der Waals surface area contributed by atoms with Crippen molar-refractivity contribution in [1.82, 2.24) is 0 Å². The predicted molar refractivity (Wildman–Crippen MR) is 125 cm³/mol. The first-order valence-corrected chi connectivity index (χ1v) is 11.9. The van der Waals surface area contributed by atoms with E-state index in [1.807, 2.05) is 12.1 Å². The molecule has 162 valence electrons. The van der Waals surface area contributed by atoms with Crippen molar-refractivity contribution in [2.24, 2.45) is 10.8 Å². The minimum Gasteiger partial charge on any atom is -0.508 e. The standard InChI is InChI=1S/C27H48O/c1-7-27(5,6)22-15-11-8-12-17-23-18-16-20-25(28)24(23)19-13-9-10-14-21-26(2,3)4/h16,18,20,28H,7-15,17,19,21-22H2,1-6H3. The fourth-order valence-corrected chi connectivity index (χ4v) is 3.90. The van der Waals surface area contributed by atoms with E-state index in [2.05, 4.69) is 47.6 Å². The van der Waals surface area contributed by atoms with Gasteiger partial charge in [-0.15, -0.1) is 0 Å². The molecule has 0 atom stereocenters. The molecule has 0 saturated heterocycles. The Labute approximate surface area is 176 Å². The molecule has 1 nitrogen and oxygen atoms in total. The van der Waals surface area contributed by atoms with Crippen molar-refractivity contribution >= 4 is 0 Å². The lowest BCUT2D eigenvalue weighted by molar-refractivity contribution is 0.307. The molecule has 0 radical (unpaired) electrons. The molecule has 1 aromatic carbocycles. The second-order valence-electron chi connectivity index (χ2n) is 10.8. The van der Waals surface area contributed by atoms with Crippen molar-refractivity contribution < 1.29 is 5.11 Å². The summed E-state index contributed by atoms with van der Waals surface area (Å²) in [7, 11) is 0. The number of hydrogen-bond donors (Lipinski definition) is 1. The topological polar surface area (TPSA) is 20.2 Å². The van der Waals surface area contributed by atoms with Crippen LogP contribution < -0.4 is 0 Å². The summed E-state index contributed by atoms with van der Waals surface area (Å²) in [6.45, 7) is 14.0. The van der Waals surface area contributed by atoms with E-state index in [9.17, 15) is 5.11 Å². The number of aromatic hydroxyl groups is 1. The summed E-state index contributed by atoms with van der Waals surface area (Å²) in [6.07, 6.45) is 16.4. The first kappa shape index (κ1) is 25.1. The van der Waals surface area contributed by atoms with E-state index in [-0.39, 0.29) is 0 Å². The van der Waals surface area contributed by atoms with Crippen LogP contribution in [0.4, 0.5) is 0 Å². The summed E-state index contributed by atoms with van der Waals surface area (Å²) in [4.78, 5) is 0. The van der Waals surface area contributed by atoms with Gasteiger partial charge in [0.05, 0.1) is 0 Å². The van der Waals surface area contributed by atoms with E-state index in [1.165, 1.54) is 81.8 Å². The average molecular weight is 389 g/mol. The van der Waals surface area contributed by atoms with Gasteiger partial charge in [0, 0.05) is 0 Å². The van der Waals surface area contributed by atoms with Crippen molar-refractivity contribution in [1.29, 1.82) is 0 Å². The molecule has 0 spiro atoms. The highest BCUT2D eigenvalue weighted by Gasteiger charge is 2.14. The fraction of sp³-hybridized carbons (Fsp3) is 0.778. The summed E-state index contributed by atoms with van der Waals surface area (Å²) in [5, 5.41) is 10.4. The van der Waals surface area contributed by atoms with Gasteiger partial charge in [-0.3, -0.25) is 0 Å². The van der Waals surface area contributed by atoms with Crippen LogP contribution in [0, 0.1) is 10.8 Å². The van der Waals surface area contributed by atoms with Gasteiger partial charge in [0.2, 0.25) is 0 Å². The average Bonchev–Trinajstić information content (AvgIpc) is 2.61. The molecule has 1 rings (SSSR count). The van der Waals surface area contributed by atoms with E-state index in [0.717, 1.165) is 12.8 Å². The van der Waals surface area contributed by atoms with Gasteiger partial charge in [-0.2, -0.15) is 0 Å². The molecule has 0 heterocycles. The Balaban J connectivity index is 2.32. The third kappa shape index (κ3) is 11.1. The minimum absolute atomic E-state index is 0.456. The largest absolute Gasteiger partial charge is 0.508 e. The lowest BCUT2D eigenvalue weighted by atomic mass is 9.84. The van der Waals surface area contributed by atoms with Gasteiger partial charge >= 0.3 is 0 Å². The number of unbranched alkanes of at least 4 members (excludes halogenated alkanes) is 6. The van der Waals surface area contributed by atoms with Crippen molar-refractivity contribution in [3.05, 3.63) is 29.3 Å². The molecule has 1 aromatic rings. The van der Waals surface area contributed by atoms with Gasteiger partial charge < -0.3 is 5.11 Å². The van der Waals surface area contributed by atoms with E-state index < -0.39 is 0 Å². The van der Waals surface area contributed by atoms with Crippen molar-refractivity contribution in [3.63, 3.8) is 0 Å². The van der Waals surface area contributed by atoms with Crippen molar-refractivity contribution in [3.8, 4) is 5.75 Å². The highest BCUT2D eigenvalue weighted by atomic mass is 16.3. The second-order valence-corrected chi connectivity index (χ2v) is 10.8. The molecule has 0 fully saturated rings. The molecule has 28 heavy (non-hydrogen) atoms. The van der Waals surface area contributed by atoms with Gasteiger partial charge in [-0.05, 0) is 66.5 Å². The van der Waals surface area contributed by atoms with Crippen LogP contribution in [-0.2, 0) is 12.8 Å².